The first-order valence-electron chi connectivity index (χ1n) is 10.5. The fraction of sp³-hybridized carbons (Fsp3) is 0.391. The Bertz CT molecular complexity index is 1070. The van der Waals surface area contributed by atoms with Gasteiger partial charge in [-0.15, -0.1) is 11.8 Å². The highest BCUT2D eigenvalue weighted by Crippen LogP contribution is 2.44. The molecule has 0 N–H and O–H groups in total. The summed E-state index contributed by atoms with van der Waals surface area (Å²) < 4.78 is 5.26. The minimum absolute atomic E-state index is 0.0252. The van der Waals surface area contributed by atoms with E-state index in [1.807, 2.05) is 17.0 Å². The number of ether oxygens (including phenoxy) is 1. The number of hydrogen-bond donors (Lipinski definition) is 0. The van der Waals surface area contributed by atoms with Crippen LogP contribution in [0.25, 0.3) is 0 Å². The number of nitro groups is 1. The van der Waals surface area contributed by atoms with Gasteiger partial charge in [-0.05, 0) is 44.0 Å². The van der Waals surface area contributed by atoms with Crippen LogP contribution in [0.4, 0.5) is 5.69 Å². The standard InChI is InChI=1S/C23H25N3O5S/c1-16-6-7-18(15-20(16)26(29)30)21(27)24-10-8-23(9-11-24)25(12-13-32-23)22(28)17-4-3-5-19(14-17)31-2/h3-7,14-15H,8-13H2,1-2H3. The van der Waals surface area contributed by atoms with E-state index in [9.17, 15) is 19.7 Å². The number of amides is 2. The second-order valence-corrected chi connectivity index (χ2v) is 9.49. The smallest absolute Gasteiger partial charge is 0.273 e. The SMILES string of the molecule is COc1cccc(C(=O)N2CCSC23CCN(C(=O)c2ccc(C)c([N+](=O)[O-])c2)CC3)c1. The largest absolute Gasteiger partial charge is 0.497 e. The summed E-state index contributed by atoms with van der Waals surface area (Å²) in [6.07, 6.45) is 1.32. The highest BCUT2D eigenvalue weighted by molar-refractivity contribution is 8.00. The number of methoxy groups -OCH3 is 1. The highest BCUT2D eigenvalue weighted by atomic mass is 32.2. The molecule has 0 saturated carbocycles. The van der Waals surface area contributed by atoms with Crippen molar-refractivity contribution in [2.75, 3.05) is 32.5 Å². The van der Waals surface area contributed by atoms with Crippen LogP contribution in [-0.2, 0) is 0 Å². The van der Waals surface area contributed by atoms with Crippen molar-refractivity contribution < 1.29 is 19.2 Å². The summed E-state index contributed by atoms with van der Waals surface area (Å²) in [4.78, 5) is 40.4. The molecule has 0 aromatic heterocycles. The zero-order chi connectivity index (χ0) is 22.9. The van der Waals surface area contributed by atoms with Gasteiger partial charge < -0.3 is 14.5 Å². The van der Waals surface area contributed by atoms with Gasteiger partial charge in [0, 0.05) is 48.1 Å². The van der Waals surface area contributed by atoms with E-state index in [0.29, 0.717) is 54.9 Å². The first kappa shape index (κ1) is 22.1. The number of benzene rings is 2. The lowest BCUT2D eigenvalue weighted by Crippen LogP contribution is -2.53. The molecule has 8 nitrogen and oxygen atoms in total. The lowest BCUT2D eigenvalue weighted by atomic mass is 9.99. The molecule has 2 aliphatic rings. The fourth-order valence-electron chi connectivity index (χ4n) is 4.40. The molecule has 0 atom stereocenters. The van der Waals surface area contributed by atoms with Crippen molar-refractivity contribution in [3.05, 3.63) is 69.3 Å². The summed E-state index contributed by atoms with van der Waals surface area (Å²) in [5, 5.41) is 11.2. The van der Waals surface area contributed by atoms with Crippen LogP contribution in [0.2, 0.25) is 0 Å². The van der Waals surface area contributed by atoms with Crippen LogP contribution in [0.3, 0.4) is 0 Å². The molecule has 1 spiro atoms. The molecule has 0 radical (unpaired) electrons. The number of aryl methyl sites for hydroxylation is 1. The molecule has 32 heavy (non-hydrogen) atoms. The summed E-state index contributed by atoms with van der Waals surface area (Å²) in [6.45, 7) is 3.31. The molecule has 2 aliphatic heterocycles. The molecule has 4 rings (SSSR count). The molecule has 9 heteroatoms. The number of nitrogens with zero attached hydrogens (tertiary/aromatic N) is 3. The number of hydrogen-bond acceptors (Lipinski definition) is 6. The zero-order valence-corrected chi connectivity index (χ0v) is 18.9. The normalized spacial score (nSPS) is 17.4. The maximum atomic E-state index is 13.3. The first-order chi connectivity index (χ1) is 15.3. The summed E-state index contributed by atoms with van der Waals surface area (Å²) in [7, 11) is 1.58. The monoisotopic (exact) mass is 455 g/mol. The van der Waals surface area contributed by atoms with Crippen LogP contribution >= 0.6 is 11.8 Å². The Morgan fingerprint density at radius 3 is 2.47 bits per heavy atom. The fourth-order valence-corrected chi connectivity index (χ4v) is 5.86. The molecule has 2 saturated heterocycles. The van der Waals surface area contributed by atoms with E-state index in [2.05, 4.69) is 0 Å². The molecule has 2 aromatic rings. The zero-order valence-electron chi connectivity index (χ0n) is 18.1. The second kappa shape index (κ2) is 8.82. The van der Waals surface area contributed by atoms with Gasteiger partial charge in [0.05, 0.1) is 16.9 Å². The van der Waals surface area contributed by atoms with Crippen LogP contribution in [0.1, 0.15) is 39.1 Å². The molecule has 0 bridgehead atoms. The number of rotatable bonds is 4. The van der Waals surface area contributed by atoms with Crippen LogP contribution in [-0.4, -0.2) is 63.9 Å². The third-order valence-corrected chi connectivity index (χ3v) is 7.78. The summed E-state index contributed by atoms with van der Waals surface area (Å²) in [6, 6.07) is 11.8. The van der Waals surface area contributed by atoms with Crippen LogP contribution in [0, 0.1) is 17.0 Å². The summed E-state index contributed by atoms with van der Waals surface area (Å²) >= 11 is 1.77. The minimum Gasteiger partial charge on any atom is -0.497 e. The third kappa shape index (κ3) is 4.04. The number of thioether (sulfide) groups is 1. The van der Waals surface area contributed by atoms with Crippen molar-refractivity contribution in [2.45, 2.75) is 24.6 Å². The Kier molecular flexibility index (Phi) is 6.10. The number of nitro benzene ring substituents is 1. The predicted octanol–water partition coefficient (Wildman–Crippen LogP) is 3.73. The molecule has 0 unspecified atom stereocenters. The second-order valence-electron chi connectivity index (χ2n) is 8.03. The minimum atomic E-state index is -0.464. The highest BCUT2D eigenvalue weighted by Gasteiger charge is 2.47. The van der Waals surface area contributed by atoms with E-state index in [1.165, 1.54) is 6.07 Å². The van der Waals surface area contributed by atoms with Crippen LogP contribution in [0.15, 0.2) is 42.5 Å². The van der Waals surface area contributed by atoms with Gasteiger partial charge in [-0.25, -0.2) is 0 Å². The van der Waals surface area contributed by atoms with Gasteiger partial charge in [-0.3, -0.25) is 19.7 Å². The molecule has 168 valence electrons. The first-order valence-corrected chi connectivity index (χ1v) is 11.5. The van der Waals surface area contributed by atoms with E-state index in [0.717, 1.165) is 5.75 Å². The number of likely N-dealkylation sites (tertiary alicyclic amines) is 1. The molecule has 2 fully saturated rings. The van der Waals surface area contributed by atoms with Gasteiger partial charge in [0.25, 0.3) is 17.5 Å². The molecule has 0 aliphatic carbocycles. The number of piperidine rings is 1. The topological polar surface area (TPSA) is 93.0 Å². The maximum Gasteiger partial charge on any atom is 0.273 e. The lowest BCUT2D eigenvalue weighted by molar-refractivity contribution is -0.385. The van der Waals surface area contributed by atoms with Gasteiger partial charge in [-0.1, -0.05) is 12.1 Å². The lowest BCUT2D eigenvalue weighted by Gasteiger charge is -2.44. The van der Waals surface area contributed by atoms with E-state index >= 15 is 0 Å². The van der Waals surface area contributed by atoms with E-state index < -0.39 is 4.92 Å². The Balaban J connectivity index is 1.48. The van der Waals surface area contributed by atoms with Crippen molar-refractivity contribution in [1.29, 1.82) is 0 Å². The molecule has 2 amide bonds. The Hall–Kier alpha value is -3.07. The summed E-state index contributed by atoms with van der Waals surface area (Å²) in [5.41, 5.74) is 1.39. The Labute approximate surface area is 190 Å². The predicted molar refractivity (Wildman–Crippen MR) is 122 cm³/mol. The van der Waals surface area contributed by atoms with Crippen molar-refractivity contribution in [3.8, 4) is 5.75 Å². The van der Waals surface area contributed by atoms with Gasteiger partial charge in [-0.2, -0.15) is 0 Å². The van der Waals surface area contributed by atoms with Crippen LogP contribution < -0.4 is 4.74 Å². The quantitative estimate of drug-likeness (QED) is 0.515. The third-order valence-electron chi connectivity index (χ3n) is 6.22. The van der Waals surface area contributed by atoms with Gasteiger partial charge in [0.1, 0.15) is 5.75 Å². The average molecular weight is 456 g/mol. The molecular weight excluding hydrogens is 430 g/mol. The maximum absolute atomic E-state index is 13.3. The number of carbonyl (C=O) groups excluding carboxylic acids is 2. The van der Waals surface area contributed by atoms with Gasteiger partial charge in [0.2, 0.25) is 0 Å². The van der Waals surface area contributed by atoms with Gasteiger partial charge >= 0.3 is 0 Å². The Morgan fingerprint density at radius 2 is 1.78 bits per heavy atom. The van der Waals surface area contributed by atoms with E-state index in [-0.39, 0.29) is 22.4 Å². The summed E-state index contributed by atoms with van der Waals surface area (Å²) in [5.74, 6) is 1.26. The van der Waals surface area contributed by atoms with Crippen molar-refractivity contribution in [3.63, 3.8) is 0 Å². The molecular formula is C23H25N3O5S. The van der Waals surface area contributed by atoms with Gasteiger partial charge in [0.15, 0.2) is 0 Å². The van der Waals surface area contributed by atoms with Crippen molar-refractivity contribution >= 4 is 29.3 Å². The average Bonchev–Trinajstić information content (AvgIpc) is 3.21. The van der Waals surface area contributed by atoms with E-state index in [4.69, 9.17) is 4.74 Å². The van der Waals surface area contributed by atoms with Crippen molar-refractivity contribution in [2.24, 2.45) is 0 Å². The van der Waals surface area contributed by atoms with Crippen LogP contribution in [0.5, 0.6) is 5.75 Å². The van der Waals surface area contributed by atoms with Crippen molar-refractivity contribution in [1.82, 2.24) is 9.80 Å². The number of carbonyl (C=O) groups is 2. The molecule has 2 heterocycles. The van der Waals surface area contributed by atoms with E-state index in [1.54, 1.807) is 55.0 Å². The Morgan fingerprint density at radius 1 is 1.06 bits per heavy atom. The molecule has 2 aromatic carbocycles.